The molecule has 1 fully saturated rings. The normalized spacial score (nSPS) is 18.4. The highest BCUT2D eigenvalue weighted by Crippen LogP contribution is 2.20. The molecule has 0 aliphatic carbocycles. The Bertz CT molecular complexity index is 571. The van der Waals surface area contributed by atoms with Gasteiger partial charge in [0.2, 0.25) is 5.91 Å². The molecular formula is C19H29N3O2. The van der Waals surface area contributed by atoms with Crippen LogP contribution in [0.1, 0.15) is 50.4 Å². The number of nitrogens with one attached hydrogen (secondary N) is 2. The van der Waals surface area contributed by atoms with E-state index in [9.17, 15) is 9.59 Å². The minimum absolute atomic E-state index is 0.0845. The highest BCUT2D eigenvalue weighted by Gasteiger charge is 2.21. The minimum atomic E-state index is -0.139. The lowest BCUT2D eigenvalue weighted by Crippen LogP contribution is -2.40. The second-order valence-electron chi connectivity index (χ2n) is 6.90. The van der Waals surface area contributed by atoms with Gasteiger partial charge < -0.3 is 15.5 Å². The van der Waals surface area contributed by atoms with Gasteiger partial charge in [-0.05, 0) is 63.8 Å². The Hall–Kier alpha value is -1.88. The largest absolute Gasteiger partial charge is 0.352 e. The van der Waals surface area contributed by atoms with Gasteiger partial charge in [-0.2, -0.15) is 0 Å². The fraction of sp³-hybridized carbons (Fsp3) is 0.579. The lowest BCUT2D eigenvalue weighted by molar-refractivity contribution is -0.114. The molecule has 0 spiro atoms. The van der Waals surface area contributed by atoms with Gasteiger partial charge in [0.05, 0.1) is 0 Å². The van der Waals surface area contributed by atoms with Gasteiger partial charge in [-0.25, -0.2) is 0 Å². The van der Waals surface area contributed by atoms with Crippen molar-refractivity contribution in [3.05, 3.63) is 29.8 Å². The summed E-state index contributed by atoms with van der Waals surface area (Å²) in [7, 11) is 0. The van der Waals surface area contributed by atoms with E-state index in [4.69, 9.17) is 0 Å². The molecule has 0 saturated carbocycles. The van der Waals surface area contributed by atoms with Crippen molar-refractivity contribution in [1.29, 1.82) is 0 Å². The third kappa shape index (κ3) is 5.64. The molecule has 2 amide bonds. The molecule has 1 aromatic carbocycles. The van der Waals surface area contributed by atoms with Crippen molar-refractivity contribution < 1.29 is 9.59 Å². The molecular weight excluding hydrogens is 302 g/mol. The molecule has 132 valence electrons. The summed E-state index contributed by atoms with van der Waals surface area (Å²) in [4.78, 5) is 25.9. The molecule has 1 aromatic rings. The monoisotopic (exact) mass is 331 g/mol. The summed E-state index contributed by atoms with van der Waals surface area (Å²) in [5, 5.41) is 5.70. The smallest absolute Gasteiger partial charge is 0.251 e. The van der Waals surface area contributed by atoms with Gasteiger partial charge >= 0.3 is 0 Å². The zero-order chi connectivity index (χ0) is 17.5. The predicted octanol–water partition coefficient (Wildman–Crippen LogP) is 2.89. The summed E-state index contributed by atoms with van der Waals surface area (Å²) >= 11 is 0. The maximum Gasteiger partial charge on any atom is 0.251 e. The van der Waals surface area contributed by atoms with Crippen LogP contribution in [0.4, 0.5) is 5.69 Å². The van der Waals surface area contributed by atoms with E-state index in [1.54, 1.807) is 24.3 Å². The van der Waals surface area contributed by atoms with Crippen molar-refractivity contribution in [3.63, 3.8) is 0 Å². The zero-order valence-corrected chi connectivity index (χ0v) is 15.0. The van der Waals surface area contributed by atoms with E-state index in [2.05, 4.69) is 29.4 Å². The van der Waals surface area contributed by atoms with Crippen molar-refractivity contribution in [2.24, 2.45) is 5.92 Å². The SMILES string of the molecule is CC(=O)Nc1cccc(C(=O)NCCC2CCCN(C(C)C)C2)c1. The first-order valence-corrected chi connectivity index (χ1v) is 8.85. The Kier molecular flexibility index (Phi) is 6.79. The number of rotatable bonds is 6. The molecule has 1 unspecified atom stereocenters. The second-order valence-corrected chi connectivity index (χ2v) is 6.90. The van der Waals surface area contributed by atoms with Crippen LogP contribution in [0.2, 0.25) is 0 Å². The van der Waals surface area contributed by atoms with E-state index in [0.717, 1.165) is 13.0 Å². The summed E-state index contributed by atoms with van der Waals surface area (Å²) in [5.41, 5.74) is 1.23. The first-order chi connectivity index (χ1) is 11.5. The number of amides is 2. The van der Waals surface area contributed by atoms with Crippen LogP contribution in [0.3, 0.4) is 0 Å². The molecule has 0 radical (unpaired) electrons. The molecule has 1 aliphatic rings. The van der Waals surface area contributed by atoms with Gasteiger partial charge in [0.25, 0.3) is 5.91 Å². The van der Waals surface area contributed by atoms with Crippen LogP contribution >= 0.6 is 0 Å². The van der Waals surface area contributed by atoms with Crippen LogP contribution in [0, 0.1) is 5.92 Å². The average Bonchev–Trinajstić information content (AvgIpc) is 2.54. The van der Waals surface area contributed by atoms with Gasteiger partial charge in [-0.1, -0.05) is 6.07 Å². The standard InChI is InChI=1S/C19H29N3O2/c1-14(2)22-11-5-6-16(13-22)9-10-20-19(24)17-7-4-8-18(12-17)21-15(3)23/h4,7-8,12,14,16H,5-6,9-11,13H2,1-3H3,(H,20,24)(H,21,23). The lowest BCUT2D eigenvalue weighted by atomic mass is 9.94. The molecule has 2 N–H and O–H groups in total. The van der Waals surface area contributed by atoms with E-state index in [1.807, 2.05) is 0 Å². The Morgan fingerprint density at radius 3 is 2.83 bits per heavy atom. The quantitative estimate of drug-likeness (QED) is 0.842. The number of benzene rings is 1. The summed E-state index contributed by atoms with van der Waals surface area (Å²) in [6.45, 7) is 8.96. The predicted molar refractivity (Wildman–Crippen MR) is 97.1 cm³/mol. The maximum atomic E-state index is 12.3. The molecule has 24 heavy (non-hydrogen) atoms. The van der Waals surface area contributed by atoms with Gasteiger partial charge in [-0.15, -0.1) is 0 Å². The molecule has 5 heteroatoms. The average molecular weight is 331 g/mol. The zero-order valence-electron chi connectivity index (χ0n) is 15.0. The van der Waals surface area contributed by atoms with Gasteiger partial charge in [-0.3, -0.25) is 9.59 Å². The van der Waals surface area contributed by atoms with E-state index >= 15 is 0 Å². The Balaban J connectivity index is 1.80. The van der Waals surface area contributed by atoms with Gasteiger partial charge in [0, 0.05) is 37.3 Å². The molecule has 1 atom stereocenters. The van der Waals surface area contributed by atoms with Crippen LogP contribution in [-0.4, -0.2) is 42.4 Å². The number of carbonyl (C=O) groups is 2. The van der Waals surface area contributed by atoms with Crippen molar-refractivity contribution >= 4 is 17.5 Å². The number of carbonyl (C=O) groups excluding carboxylic acids is 2. The van der Waals surface area contributed by atoms with E-state index < -0.39 is 0 Å². The minimum Gasteiger partial charge on any atom is -0.352 e. The number of anilines is 1. The highest BCUT2D eigenvalue weighted by atomic mass is 16.2. The van der Waals surface area contributed by atoms with E-state index in [0.29, 0.717) is 29.8 Å². The van der Waals surface area contributed by atoms with Crippen molar-refractivity contribution in [1.82, 2.24) is 10.2 Å². The number of piperidine rings is 1. The van der Waals surface area contributed by atoms with Crippen LogP contribution in [0.15, 0.2) is 24.3 Å². The molecule has 0 bridgehead atoms. The van der Waals surface area contributed by atoms with Crippen LogP contribution < -0.4 is 10.6 Å². The molecule has 5 nitrogen and oxygen atoms in total. The number of nitrogens with zero attached hydrogens (tertiary/aromatic N) is 1. The van der Waals surface area contributed by atoms with Crippen molar-refractivity contribution in [3.8, 4) is 0 Å². The second kappa shape index (κ2) is 8.83. The Morgan fingerprint density at radius 1 is 1.33 bits per heavy atom. The topological polar surface area (TPSA) is 61.4 Å². The summed E-state index contributed by atoms with van der Waals surface area (Å²) < 4.78 is 0. The molecule has 1 saturated heterocycles. The number of likely N-dealkylation sites (tertiary alicyclic amines) is 1. The summed E-state index contributed by atoms with van der Waals surface area (Å²) in [5.74, 6) is 0.436. The fourth-order valence-corrected chi connectivity index (χ4v) is 3.24. The fourth-order valence-electron chi connectivity index (χ4n) is 3.24. The van der Waals surface area contributed by atoms with Crippen molar-refractivity contribution in [2.75, 3.05) is 25.0 Å². The highest BCUT2D eigenvalue weighted by molar-refractivity contribution is 5.96. The summed E-state index contributed by atoms with van der Waals surface area (Å²) in [6, 6.07) is 7.63. The van der Waals surface area contributed by atoms with Crippen LogP contribution in [0.25, 0.3) is 0 Å². The first kappa shape index (κ1) is 18.5. The number of hydrogen-bond donors (Lipinski definition) is 2. The third-order valence-electron chi connectivity index (χ3n) is 4.56. The Labute approximate surface area is 144 Å². The first-order valence-electron chi connectivity index (χ1n) is 8.85. The van der Waals surface area contributed by atoms with E-state index in [-0.39, 0.29) is 11.8 Å². The molecule has 1 heterocycles. The van der Waals surface area contributed by atoms with Crippen LogP contribution in [-0.2, 0) is 4.79 Å². The third-order valence-corrected chi connectivity index (χ3v) is 4.56. The van der Waals surface area contributed by atoms with Crippen molar-refractivity contribution in [2.45, 2.75) is 46.1 Å². The Morgan fingerprint density at radius 2 is 2.12 bits per heavy atom. The molecule has 0 aromatic heterocycles. The number of hydrogen-bond acceptors (Lipinski definition) is 3. The maximum absolute atomic E-state index is 12.3. The van der Waals surface area contributed by atoms with Crippen LogP contribution in [0.5, 0.6) is 0 Å². The molecule has 2 rings (SSSR count). The van der Waals surface area contributed by atoms with E-state index in [1.165, 1.54) is 26.3 Å². The van der Waals surface area contributed by atoms with Gasteiger partial charge in [0.15, 0.2) is 0 Å². The molecule has 1 aliphatic heterocycles. The lowest BCUT2D eigenvalue weighted by Gasteiger charge is -2.35. The van der Waals surface area contributed by atoms with Gasteiger partial charge in [0.1, 0.15) is 0 Å². The summed E-state index contributed by atoms with van der Waals surface area (Å²) in [6.07, 6.45) is 3.51.